The summed E-state index contributed by atoms with van der Waals surface area (Å²) in [5.74, 6) is 0. The van der Waals surface area contributed by atoms with Gasteiger partial charge in [-0.15, -0.1) is 9.05 Å². The van der Waals surface area contributed by atoms with Crippen molar-refractivity contribution >= 4 is 19.0 Å². The van der Waals surface area contributed by atoms with Crippen LogP contribution in [0, 0.1) is 0 Å². The molecule has 0 N–H and O–H groups in total. The molecule has 0 aliphatic carbocycles. The molecule has 0 bridgehead atoms. The van der Waals surface area contributed by atoms with Gasteiger partial charge in [0.25, 0.3) is 0 Å². The fourth-order valence-electron chi connectivity index (χ4n) is 0.374. The van der Waals surface area contributed by atoms with Crippen molar-refractivity contribution in [2.24, 2.45) is 0 Å². The van der Waals surface area contributed by atoms with E-state index in [0.717, 1.165) is 19.6 Å². The van der Waals surface area contributed by atoms with Crippen molar-refractivity contribution in [3.05, 3.63) is 0 Å². The van der Waals surface area contributed by atoms with E-state index in [-0.39, 0.29) is 0 Å². The molecule has 1 fully saturated rings. The SMILES string of the molecule is S=[P+]1OCCCO1. The molecule has 0 amide bonds. The second kappa shape index (κ2) is 2.68. The Morgan fingerprint density at radius 1 is 1.29 bits per heavy atom. The molecule has 0 aromatic carbocycles. The summed E-state index contributed by atoms with van der Waals surface area (Å²) in [6, 6.07) is 0. The first-order valence-electron chi connectivity index (χ1n) is 2.13. The zero-order valence-electron chi connectivity index (χ0n) is 3.79. The largest absolute Gasteiger partial charge is 0.521 e. The van der Waals surface area contributed by atoms with E-state index in [2.05, 4.69) is 0 Å². The lowest BCUT2D eigenvalue weighted by atomic mass is 10.5. The summed E-state index contributed by atoms with van der Waals surface area (Å²) in [4.78, 5) is 0. The smallest absolute Gasteiger partial charge is 0.142 e. The molecule has 7 heavy (non-hydrogen) atoms. The number of hydrogen-bond donors (Lipinski definition) is 0. The molecular weight excluding hydrogens is 131 g/mol. The van der Waals surface area contributed by atoms with E-state index in [0.29, 0.717) is 0 Å². The molecule has 4 heteroatoms. The van der Waals surface area contributed by atoms with Gasteiger partial charge in [0.15, 0.2) is 0 Å². The zero-order valence-corrected chi connectivity index (χ0v) is 5.50. The summed E-state index contributed by atoms with van der Waals surface area (Å²) >= 11 is 4.71. The van der Waals surface area contributed by atoms with Gasteiger partial charge >= 0.3 is 7.15 Å². The molecule has 1 rings (SSSR count). The van der Waals surface area contributed by atoms with E-state index in [1.807, 2.05) is 0 Å². The molecule has 0 atom stereocenters. The Bertz CT molecular complexity index is 77.0. The average Bonchev–Trinajstić information content (AvgIpc) is 1.69. The quantitative estimate of drug-likeness (QED) is 0.467. The minimum atomic E-state index is -0.908. The lowest BCUT2D eigenvalue weighted by molar-refractivity contribution is 0.195. The highest BCUT2D eigenvalue weighted by molar-refractivity contribution is 8.00. The summed E-state index contributed by atoms with van der Waals surface area (Å²) in [7, 11) is -0.908. The highest BCUT2D eigenvalue weighted by Gasteiger charge is 2.17. The van der Waals surface area contributed by atoms with Gasteiger partial charge in [-0.3, -0.25) is 0 Å². The minimum Gasteiger partial charge on any atom is -0.142 e. The molecule has 0 saturated carbocycles. The molecular formula is C3H6O2PS+. The van der Waals surface area contributed by atoms with E-state index in [1.54, 1.807) is 0 Å². The van der Waals surface area contributed by atoms with Crippen LogP contribution in [0.3, 0.4) is 0 Å². The van der Waals surface area contributed by atoms with Gasteiger partial charge in [-0.1, -0.05) is 0 Å². The Balaban J connectivity index is 2.25. The first-order valence-corrected chi connectivity index (χ1v) is 4.32. The van der Waals surface area contributed by atoms with Crippen molar-refractivity contribution < 1.29 is 9.05 Å². The molecule has 0 spiro atoms. The second-order valence-electron chi connectivity index (χ2n) is 1.24. The highest BCUT2D eigenvalue weighted by atomic mass is 32.4. The van der Waals surface area contributed by atoms with Crippen molar-refractivity contribution in [3.8, 4) is 0 Å². The third-order valence-electron chi connectivity index (χ3n) is 0.682. The lowest BCUT2D eigenvalue weighted by Crippen LogP contribution is -2.00. The Hall–Kier alpha value is 0.440. The van der Waals surface area contributed by atoms with Crippen LogP contribution in [0.15, 0.2) is 0 Å². The Kier molecular flexibility index (Phi) is 2.13. The first kappa shape index (κ1) is 5.57. The van der Waals surface area contributed by atoms with Crippen LogP contribution in [-0.2, 0) is 20.9 Å². The second-order valence-corrected chi connectivity index (χ2v) is 3.10. The first-order chi connectivity index (χ1) is 3.39. The van der Waals surface area contributed by atoms with Crippen molar-refractivity contribution in [2.45, 2.75) is 6.42 Å². The van der Waals surface area contributed by atoms with Crippen LogP contribution in [0.25, 0.3) is 0 Å². The molecule has 0 aromatic heterocycles. The van der Waals surface area contributed by atoms with Crippen molar-refractivity contribution in [1.29, 1.82) is 0 Å². The average molecular weight is 137 g/mol. The maximum Gasteiger partial charge on any atom is 0.521 e. The lowest BCUT2D eigenvalue weighted by Gasteiger charge is -1.97. The van der Waals surface area contributed by atoms with Gasteiger partial charge in [0.1, 0.15) is 13.2 Å². The van der Waals surface area contributed by atoms with Crippen LogP contribution in [-0.4, -0.2) is 13.2 Å². The predicted molar refractivity (Wildman–Crippen MR) is 30.8 cm³/mol. The molecule has 1 heterocycles. The number of rotatable bonds is 0. The van der Waals surface area contributed by atoms with E-state index in [4.69, 9.17) is 20.9 Å². The van der Waals surface area contributed by atoms with Crippen molar-refractivity contribution in [1.82, 2.24) is 0 Å². The topological polar surface area (TPSA) is 18.5 Å². The third-order valence-corrected chi connectivity index (χ3v) is 2.10. The van der Waals surface area contributed by atoms with Gasteiger partial charge in [-0.2, -0.15) is 0 Å². The minimum absolute atomic E-state index is 0.787. The number of hydrogen-bond acceptors (Lipinski definition) is 3. The van der Waals surface area contributed by atoms with Gasteiger partial charge in [-0.05, 0) is 0 Å². The molecule has 40 valence electrons. The van der Waals surface area contributed by atoms with Gasteiger partial charge < -0.3 is 0 Å². The highest BCUT2D eigenvalue weighted by Crippen LogP contribution is 2.27. The summed E-state index contributed by atoms with van der Waals surface area (Å²) in [5, 5.41) is 0. The summed E-state index contributed by atoms with van der Waals surface area (Å²) < 4.78 is 9.87. The van der Waals surface area contributed by atoms with Gasteiger partial charge in [0.2, 0.25) is 11.8 Å². The van der Waals surface area contributed by atoms with Gasteiger partial charge in [0, 0.05) is 6.42 Å². The fraction of sp³-hybridized carbons (Fsp3) is 1.00. The molecule has 2 nitrogen and oxygen atoms in total. The summed E-state index contributed by atoms with van der Waals surface area (Å²) in [5.41, 5.74) is 0. The van der Waals surface area contributed by atoms with Gasteiger partial charge in [0.05, 0.1) is 0 Å². The molecule has 1 aliphatic rings. The Morgan fingerprint density at radius 3 is 2.14 bits per heavy atom. The molecule has 0 unspecified atom stereocenters. The van der Waals surface area contributed by atoms with Crippen LogP contribution >= 0.6 is 7.15 Å². The Labute approximate surface area is 48.4 Å². The van der Waals surface area contributed by atoms with Crippen LogP contribution in [0.1, 0.15) is 6.42 Å². The molecule has 1 aliphatic heterocycles. The Morgan fingerprint density at radius 2 is 1.86 bits per heavy atom. The van der Waals surface area contributed by atoms with Crippen LogP contribution < -0.4 is 0 Å². The summed E-state index contributed by atoms with van der Waals surface area (Å²) in [6.45, 7) is 1.57. The molecule has 0 radical (unpaired) electrons. The van der Waals surface area contributed by atoms with E-state index >= 15 is 0 Å². The summed E-state index contributed by atoms with van der Waals surface area (Å²) in [6.07, 6.45) is 0.996. The van der Waals surface area contributed by atoms with Crippen molar-refractivity contribution in [2.75, 3.05) is 13.2 Å². The van der Waals surface area contributed by atoms with Crippen LogP contribution in [0.4, 0.5) is 0 Å². The van der Waals surface area contributed by atoms with E-state index in [1.165, 1.54) is 0 Å². The standard InChI is InChI=1S/C3H6O2PS/c7-6-4-2-1-3-5-6/h1-3H2/q+1. The normalized spacial score (nSPS) is 22.6. The van der Waals surface area contributed by atoms with Crippen LogP contribution in [0.2, 0.25) is 0 Å². The maximum absolute atomic E-state index is 4.94. The predicted octanol–water partition coefficient (Wildman–Crippen LogP) is 1.20. The maximum atomic E-state index is 4.94. The van der Waals surface area contributed by atoms with E-state index in [9.17, 15) is 0 Å². The zero-order chi connectivity index (χ0) is 5.11. The fourth-order valence-corrected chi connectivity index (χ4v) is 1.45. The monoisotopic (exact) mass is 137 g/mol. The molecule has 1 saturated heterocycles. The van der Waals surface area contributed by atoms with Crippen LogP contribution in [0.5, 0.6) is 0 Å². The van der Waals surface area contributed by atoms with Crippen molar-refractivity contribution in [3.63, 3.8) is 0 Å². The molecule has 0 aromatic rings. The van der Waals surface area contributed by atoms with Gasteiger partial charge in [-0.25, -0.2) is 0 Å². The van der Waals surface area contributed by atoms with E-state index < -0.39 is 7.15 Å². The third kappa shape index (κ3) is 1.78.